The van der Waals surface area contributed by atoms with Crippen molar-refractivity contribution in [2.24, 2.45) is 0 Å². The summed E-state index contributed by atoms with van der Waals surface area (Å²) >= 11 is 0. The summed E-state index contributed by atoms with van der Waals surface area (Å²) in [5.41, 5.74) is 23.6. The molecule has 12 rings (SSSR count). The lowest BCUT2D eigenvalue weighted by atomic mass is 9.78. The van der Waals surface area contributed by atoms with Crippen LogP contribution in [0.1, 0.15) is 66.5 Å². The SMILES string of the molecule is CCCc1cccc(-c2cccc3c2C2C=CC=CC2O3)c1.Cc1ccc(-c2ccc3c(c2)-c2cc(-c4ccccc4)cc(-c4ccccc4)c2C3(C)C)cc1.Cc1ccc(-c2ccccc2)cc1. The quantitative estimate of drug-likeness (QED) is 0.155. The van der Waals surface area contributed by atoms with Crippen LogP contribution in [-0.4, -0.2) is 6.10 Å². The maximum absolute atomic E-state index is 6.11. The summed E-state index contributed by atoms with van der Waals surface area (Å²) in [5.74, 6) is 1.37. The number of aryl methyl sites for hydroxylation is 3. The molecule has 9 aromatic carbocycles. The Balaban J connectivity index is 0.000000134. The van der Waals surface area contributed by atoms with Crippen LogP contribution in [0.5, 0.6) is 5.75 Å². The first kappa shape index (κ1) is 45.1. The zero-order chi connectivity index (χ0) is 47.3. The molecule has 1 heterocycles. The maximum atomic E-state index is 6.11. The van der Waals surface area contributed by atoms with Crippen molar-refractivity contribution in [2.75, 3.05) is 0 Å². The van der Waals surface area contributed by atoms with Gasteiger partial charge in [0.05, 0.1) is 0 Å². The minimum absolute atomic E-state index is 0.0726. The molecule has 1 aliphatic heterocycles. The van der Waals surface area contributed by atoms with Gasteiger partial charge in [-0.05, 0) is 134 Å². The molecule has 0 amide bonds. The van der Waals surface area contributed by atoms with Crippen molar-refractivity contribution in [3.63, 3.8) is 0 Å². The number of rotatable bonds is 7. The molecule has 0 spiro atoms. The molecule has 0 fully saturated rings. The van der Waals surface area contributed by atoms with Gasteiger partial charge >= 0.3 is 0 Å². The van der Waals surface area contributed by atoms with Crippen LogP contribution in [0.2, 0.25) is 0 Å². The highest BCUT2D eigenvalue weighted by molar-refractivity contribution is 5.93. The first-order valence-electron chi connectivity index (χ1n) is 24.6. The molecule has 0 bridgehead atoms. The lowest BCUT2D eigenvalue weighted by Gasteiger charge is -2.25. The van der Waals surface area contributed by atoms with Crippen molar-refractivity contribution in [3.8, 4) is 72.5 Å². The highest BCUT2D eigenvalue weighted by Crippen LogP contribution is 2.54. The average Bonchev–Trinajstić information content (AvgIpc) is 3.89. The van der Waals surface area contributed by atoms with E-state index in [1.165, 1.54) is 107 Å². The van der Waals surface area contributed by atoms with Gasteiger partial charge in [0.2, 0.25) is 0 Å². The minimum Gasteiger partial charge on any atom is -0.485 e. The highest BCUT2D eigenvalue weighted by atomic mass is 16.5. The number of fused-ring (bicyclic) bond motifs is 6. The molecule has 1 heteroatoms. The van der Waals surface area contributed by atoms with Gasteiger partial charge in [0, 0.05) is 16.9 Å². The molecule has 0 radical (unpaired) electrons. The Morgan fingerprint density at radius 3 is 1.59 bits per heavy atom. The minimum atomic E-state index is -0.0726. The van der Waals surface area contributed by atoms with Gasteiger partial charge in [0.15, 0.2) is 0 Å². The standard InChI is InChI=1S/C34H28.C21H20O.C13H12/c1-23-14-16-25(17-15-23)27-18-19-32-30(20-27)31-22-28(24-10-6-4-7-11-24)21-29(33(31)34(32,2)3)26-12-8-5-9-13-26;1-2-7-15-8-5-9-16(14-15)17-11-6-13-20-21(17)18-10-3-4-12-19(18)22-20;1-11-7-9-13(10-8-11)12-5-3-2-4-6-12/h4-22H,1-3H3;3-6,8-14,18-19H,2,7H2,1H3;2-10H,1H3. The Hall–Kier alpha value is -7.74. The Morgan fingerprint density at radius 1 is 0.420 bits per heavy atom. The molecule has 0 aromatic heterocycles. The number of hydrogen-bond acceptors (Lipinski definition) is 1. The second-order valence-electron chi connectivity index (χ2n) is 19.2. The van der Waals surface area contributed by atoms with Crippen molar-refractivity contribution in [1.29, 1.82) is 0 Å². The molecule has 2 unspecified atom stereocenters. The fraction of sp³-hybridized carbons (Fsp3) is 0.147. The third-order valence-corrected chi connectivity index (χ3v) is 14.0. The van der Waals surface area contributed by atoms with Gasteiger partial charge in [0.25, 0.3) is 0 Å². The first-order valence-corrected chi connectivity index (χ1v) is 24.6. The van der Waals surface area contributed by atoms with Crippen molar-refractivity contribution in [3.05, 3.63) is 270 Å². The zero-order valence-electron chi connectivity index (χ0n) is 40.5. The average molecular weight is 893 g/mol. The molecule has 69 heavy (non-hydrogen) atoms. The first-order chi connectivity index (χ1) is 33.7. The van der Waals surface area contributed by atoms with Crippen LogP contribution >= 0.6 is 0 Å². The molecule has 0 saturated carbocycles. The van der Waals surface area contributed by atoms with Crippen molar-refractivity contribution < 1.29 is 4.74 Å². The van der Waals surface area contributed by atoms with Gasteiger partial charge in [-0.2, -0.15) is 0 Å². The van der Waals surface area contributed by atoms with Crippen LogP contribution < -0.4 is 4.74 Å². The Kier molecular flexibility index (Phi) is 13.0. The van der Waals surface area contributed by atoms with Gasteiger partial charge in [-0.3, -0.25) is 0 Å². The van der Waals surface area contributed by atoms with Crippen LogP contribution in [0.25, 0.3) is 66.8 Å². The van der Waals surface area contributed by atoms with E-state index in [1.807, 2.05) is 6.07 Å². The number of hydrogen-bond donors (Lipinski definition) is 0. The van der Waals surface area contributed by atoms with Crippen LogP contribution in [0.3, 0.4) is 0 Å². The summed E-state index contributed by atoms with van der Waals surface area (Å²) < 4.78 is 6.11. The molecule has 2 atom stereocenters. The predicted molar refractivity (Wildman–Crippen MR) is 293 cm³/mol. The lowest BCUT2D eigenvalue weighted by Crippen LogP contribution is -2.16. The summed E-state index contributed by atoms with van der Waals surface area (Å²) in [6.07, 6.45) is 11.1. The van der Waals surface area contributed by atoms with Gasteiger partial charge in [-0.25, -0.2) is 0 Å². The number of allylic oxidation sites excluding steroid dienone is 2. The molecule has 2 aliphatic carbocycles. The lowest BCUT2D eigenvalue weighted by molar-refractivity contribution is 0.269. The topological polar surface area (TPSA) is 9.23 Å². The van der Waals surface area contributed by atoms with Crippen molar-refractivity contribution in [1.82, 2.24) is 0 Å². The number of ether oxygens (including phenoxy) is 1. The van der Waals surface area contributed by atoms with Gasteiger partial charge in [-0.15, -0.1) is 0 Å². The normalized spacial score (nSPS) is 15.3. The molecule has 0 saturated heterocycles. The van der Waals surface area contributed by atoms with Crippen LogP contribution in [0.4, 0.5) is 0 Å². The molecule has 0 N–H and O–H groups in total. The van der Waals surface area contributed by atoms with E-state index in [0.717, 1.165) is 12.2 Å². The third kappa shape index (κ3) is 9.43. The summed E-state index contributed by atoms with van der Waals surface area (Å²) in [7, 11) is 0. The van der Waals surface area contributed by atoms with E-state index in [1.54, 1.807) is 0 Å². The van der Waals surface area contributed by atoms with Gasteiger partial charge in [0.1, 0.15) is 11.9 Å². The summed E-state index contributed by atoms with van der Waals surface area (Å²) in [5, 5.41) is 0. The maximum Gasteiger partial charge on any atom is 0.128 e. The van der Waals surface area contributed by atoms with E-state index < -0.39 is 0 Å². The molecule has 1 nitrogen and oxygen atoms in total. The summed E-state index contributed by atoms with van der Waals surface area (Å²) in [6.45, 7) is 11.2. The molecule has 3 aliphatic rings. The monoisotopic (exact) mass is 892 g/mol. The van der Waals surface area contributed by atoms with E-state index in [-0.39, 0.29) is 11.5 Å². The van der Waals surface area contributed by atoms with E-state index >= 15 is 0 Å². The van der Waals surface area contributed by atoms with Crippen molar-refractivity contribution in [2.45, 2.75) is 64.9 Å². The molecular formula is C68H60O. The fourth-order valence-corrected chi connectivity index (χ4v) is 10.5. The predicted octanol–water partition coefficient (Wildman–Crippen LogP) is 18.2. The molecule has 338 valence electrons. The highest BCUT2D eigenvalue weighted by Gasteiger charge is 2.38. The van der Waals surface area contributed by atoms with Crippen LogP contribution in [-0.2, 0) is 11.8 Å². The Bertz CT molecular complexity index is 3260. The largest absolute Gasteiger partial charge is 0.485 e. The van der Waals surface area contributed by atoms with Crippen LogP contribution in [0, 0.1) is 13.8 Å². The van der Waals surface area contributed by atoms with E-state index in [9.17, 15) is 0 Å². The Labute approximate surface area is 410 Å². The van der Waals surface area contributed by atoms with E-state index in [4.69, 9.17) is 4.74 Å². The van der Waals surface area contributed by atoms with Gasteiger partial charge in [-0.1, -0.05) is 245 Å². The second-order valence-corrected chi connectivity index (χ2v) is 19.2. The van der Waals surface area contributed by atoms with Crippen LogP contribution in [0.15, 0.2) is 237 Å². The van der Waals surface area contributed by atoms with Crippen molar-refractivity contribution >= 4 is 0 Å². The number of benzene rings is 9. The second kappa shape index (κ2) is 19.8. The Morgan fingerprint density at radius 2 is 0.942 bits per heavy atom. The molecular weight excluding hydrogens is 833 g/mol. The van der Waals surface area contributed by atoms with E-state index in [0.29, 0.717) is 5.92 Å². The zero-order valence-corrected chi connectivity index (χ0v) is 40.5. The fourth-order valence-electron chi connectivity index (χ4n) is 10.5. The summed E-state index contributed by atoms with van der Waals surface area (Å²) in [6, 6.07) is 76.7. The summed E-state index contributed by atoms with van der Waals surface area (Å²) in [4.78, 5) is 0. The smallest absolute Gasteiger partial charge is 0.128 e. The molecule has 9 aromatic rings. The van der Waals surface area contributed by atoms with Gasteiger partial charge < -0.3 is 4.74 Å². The third-order valence-electron chi connectivity index (χ3n) is 14.0. The van der Waals surface area contributed by atoms with E-state index in [2.05, 4.69) is 265 Å².